The highest BCUT2D eigenvalue weighted by Crippen LogP contribution is 2.08. The molecular formula is C14H11ClFNO. The van der Waals surface area contributed by atoms with E-state index in [1.54, 1.807) is 30.5 Å². The molecule has 2 nitrogen and oxygen atoms in total. The minimum Gasteiger partial charge on any atom is -0.391 e. The summed E-state index contributed by atoms with van der Waals surface area (Å²) in [7, 11) is 0. The summed E-state index contributed by atoms with van der Waals surface area (Å²) in [6.07, 6.45) is 1.60. The van der Waals surface area contributed by atoms with Crippen LogP contribution in [0.1, 0.15) is 11.1 Å². The molecule has 18 heavy (non-hydrogen) atoms. The molecule has 0 unspecified atom stereocenters. The largest absolute Gasteiger partial charge is 0.391 e. The Morgan fingerprint density at radius 1 is 1.06 bits per heavy atom. The summed E-state index contributed by atoms with van der Waals surface area (Å²) in [5.41, 5.74) is 1.77. The lowest BCUT2D eigenvalue weighted by atomic mass is 10.2. The first kappa shape index (κ1) is 12.6. The van der Waals surface area contributed by atoms with Gasteiger partial charge in [0.2, 0.25) is 0 Å². The molecule has 2 aromatic rings. The molecule has 0 saturated heterocycles. The Morgan fingerprint density at radius 2 is 1.72 bits per heavy atom. The van der Waals surface area contributed by atoms with E-state index in [0.717, 1.165) is 11.1 Å². The fraction of sp³-hybridized carbons (Fsp3) is 0.0714. The Hall–Kier alpha value is -1.87. The number of nitrogens with zero attached hydrogens (tertiary/aromatic N) is 1. The first-order valence-corrected chi connectivity index (χ1v) is 5.77. The van der Waals surface area contributed by atoms with Gasteiger partial charge in [-0.15, -0.1) is 0 Å². The molecule has 0 heterocycles. The highest BCUT2D eigenvalue weighted by molar-refractivity contribution is 6.30. The highest BCUT2D eigenvalue weighted by atomic mass is 35.5. The summed E-state index contributed by atoms with van der Waals surface area (Å²) in [6.45, 7) is 0.310. The van der Waals surface area contributed by atoms with Crippen molar-refractivity contribution in [1.82, 2.24) is 0 Å². The second-order valence-electron chi connectivity index (χ2n) is 3.69. The van der Waals surface area contributed by atoms with E-state index in [0.29, 0.717) is 11.6 Å². The van der Waals surface area contributed by atoms with Crippen LogP contribution in [0, 0.1) is 5.82 Å². The fourth-order valence-corrected chi connectivity index (χ4v) is 1.47. The van der Waals surface area contributed by atoms with Gasteiger partial charge in [-0.25, -0.2) is 4.39 Å². The van der Waals surface area contributed by atoms with E-state index in [1.807, 2.05) is 12.1 Å². The number of benzene rings is 2. The first-order valence-electron chi connectivity index (χ1n) is 5.39. The Morgan fingerprint density at radius 3 is 2.39 bits per heavy atom. The van der Waals surface area contributed by atoms with Crippen molar-refractivity contribution in [3.63, 3.8) is 0 Å². The zero-order valence-corrected chi connectivity index (χ0v) is 10.3. The standard InChI is InChI=1S/C14H11ClFNO/c15-13-5-1-11(2-6-13)9-17-18-10-12-3-7-14(16)8-4-12/h1-9H,10H2/b17-9-. The van der Waals surface area contributed by atoms with Crippen LogP contribution < -0.4 is 0 Å². The van der Waals surface area contributed by atoms with E-state index in [1.165, 1.54) is 12.1 Å². The van der Waals surface area contributed by atoms with Crippen molar-refractivity contribution >= 4 is 17.8 Å². The molecule has 2 aromatic carbocycles. The van der Waals surface area contributed by atoms with Crippen molar-refractivity contribution in [2.45, 2.75) is 6.61 Å². The maximum absolute atomic E-state index is 12.6. The number of oxime groups is 1. The third-order valence-corrected chi connectivity index (χ3v) is 2.54. The molecule has 92 valence electrons. The molecule has 0 fully saturated rings. The summed E-state index contributed by atoms with van der Waals surface area (Å²) in [5.74, 6) is -0.261. The molecule has 0 N–H and O–H groups in total. The van der Waals surface area contributed by atoms with Crippen LogP contribution in [-0.2, 0) is 11.4 Å². The van der Waals surface area contributed by atoms with Gasteiger partial charge in [0.1, 0.15) is 12.4 Å². The molecular weight excluding hydrogens is 253 g/mol. The second-order valence-corrected chi connectivity index (χ2v) is 4.12. The average Bonchev–Trinajstić information content (AvgIpc) is 2.39. The maximum atomic E-state index is 12.6. The van der Waals surface area contributed by atoms with Gasteiger partial charge >= 0.3 is 0 Å². The smallest absolute Gasteiger partial charge is 0.142 e. The van der Waals surface area contributed by atoms with Crippen molar-refractivity contribution in [2.24, 2.45) is 5.16 Å². The third kappa shape index (κ3) is 3.86. The van der Waals surface area contributed by atoms with E-state index in [-0.39, 0.29) is 5.82 Å². The summed E-state index contributed by atoms with van der Waals surface area (Å²) in [4.78, 5) is 5.11. The van der Waals surface area contributed by atoms with Gasteiger partial charge in [0.15, 0.2) is 0 Å². The summed E-state index contributed by atoms with van der Waals surface area (Å²) in [5, 5.41) is 4.51. The Labute approximate surface area is 110 Å². The number of halogens is 2. The van der Waals surface area contributed by atoms with Crippen LogP contribution in [0.25, 0.3) is 0 Å². The number of rotatable bonds is 4. The van der Waals surface area contributed by atoms with Crippen LogP contribution in [-0.4, -0.2) is 6.21 Å². The van der Waals surface area contributed by atoms with Gasteiger partial charge in [-0.2, -0.15) is 0 Å². The van der Waals surface area contributed by atoms with Crippen LogP contribution >= 0.6 is 11.6 Å². The Bertz CT molecular complexity index is 522. The summed E-state index contributed by atoms with van der Waals surface area (Å²) >= 11 is 5.76. The molecule has 0 aromatic heterocycles. The first-order chi connectivity index (χ1) is 8.74. The molecule has 0 saturated carbocycles. The predicted octanol–water partition coefficient (Wildman–Crippen LogP) is 4.03. The van der Waals surface area contributed by atoms with Crippen LogP contribution in [0.4, 0.5) is 4.39 Å². The molecule has 0 bridgehead atoms. The van der Waals surface area contributed by atoms with Crippen LogP contribution in [0.2, 0.25) is 5.02 Å². The Kier molecular flexibility index (Phi) is 4.31. The lowest BCUT2D eigenvalue weighted by Crippen LogP contribution is -1.88. The van der Waals surface area contributed by atoms with Crippen LogP contribution in [0.3, 0.4) is 0 Å². The lowest BCUT2D eigenvalue weighted by Gasteiger charge is -1.99. The zero-order valence-electron chi connectivity index (χ0n) is 9.51. The van der Waals surface area contributed by atoms with Gasteiger partial charge in [-0.3, -0.25) is 0 Å². The molecule has 0 spiro atoms. The molecule has 0 atom stereocenters. The van der Waals surface area contributed by atoms with Gasteiger partial charge in [0.05, 0.1) is 6.21 Å². The zero-order chi connectivity index (χ0) is 12.8. The maximum Gasteiger partial charge on any atom is 0.142 e. The summed E-state index contributed by atoms with van der Waals surface area (Å²) in [6, 6.07) is 13.3. The van der Waals surface area contributed by atoms with Crippen molar-refractivity contribution in [3.8, 4) is 0 Å². The molecule has 0 aliphatic carbocycles. The van der Waals surface area contributed by atoms with Gasteiger partial charge in [-0.1, -0.05) is 41.0 Å². The molecule has 4 heteroatoms. The van der Waals surface area contributed by atoms with Crippen molar-refractivity contribution in [2.75, 3.05) is 0 Å². The second kappa shape index (κ2) is 6.17. The van der Waals surface area contributed by atoms with E-state index in [4.69, 9.17) is 16.4 Å². The third-order valence-electron chi connectivity index (χ3n) is 2.29. The molecule has 0 aliphatic heterocycles. The van der Waals surface area contributed by atoms with E-state index in [2.05, 4.69) is 5.16 Å². The van der Waals surface area contributed by atoms with E-state index >= 15 is 0 Å². The molecule has 2 rings (SSSR count). The fourth-order valence-electron chi connectivity index (χ4n) is 1.34. The predicted molar refractivity (Wildman–Crippen MR) is 70.2 cm³/mol. The molecule has 0 radical (unpaired) electrons. The Balaban J connectivity index is 1.84. The average molecular weight is 264 g/mol. The van der Waals surface area contributed by atoms with E-state index in [9.17, 15) is 4.39 Å². The normalized spacial score (nSPS) is 10.8. The SMILES string of the molecule is Fc1ccc(CO/N=C\c2ccc(Cl)cc2)cc1. The number of hydrogen-bond donors (Lipinski definition) is 0. The molecule has 0 amide bonds. The van der Waals surface area contributed by atoms with E-state index < -0.39 is 0 Å². The van der Waals surface area contributed by atoms with Crippen molar-refractivity contribution in [1.29, 1.82) is 0 Å². The van der Waals surface area contributed by atoms with Gasteiger partial charge in [0.25, 0.3) is 0 Å². The van der Waals surface area contributed by atoms with Crippen molar-refractivity contribution in [3.05, 3.63) is 70.5 Å². The van der Waals surface area contributed by atoms with Gasteiger partial charge in [0, 0.05) is 5.02 Å². The summed E-state index contributed by atoms with van der Waals surface area (Å²) < 4.78 is 12.6. The quantitative estimate of drug-likeness (QED) is 0.603. The monoisotopic (exact) mass is 263 g/mol. The minimum absolute atomic E-state index is 0.261. The van der Waals surface area contributed by atoms with Crippen molar-refractivity contribution < 1.29 is 9.23 Å². The topological polar surface area (TPSA) is 21.6 Å². The minimum atomic E-state index is -0.261. The van der Waals surface area contributed by atoms with Gasteiger partial charge in [-0.05, 0) is 35.4 Å². The highest BCUT2D eigenvalue weighted by Gasteiger charge is 1.93. The number of hydrogen-bond acceptors (Lipinski definition) is 2. The lowest BCUT2D eigenvalue weighted by molar-refractivity contribution is 0.132. The van der Waals surface area contributed by atoms with Gasteiger partial charge < -0.3 is 4.84 Å². The van der Waals surface area contributed by atoms with Crippen LogP contribution in [0.5, 0.6) is 0 Å². The molecule has 0 aliphatic rings. The van der Waals surface area contributed by atoms with Crippen LogP contribution in [0.15, 0.2) is 53.7 Å².